The van der Waals surface area contributed by atoms with Crippen LogP contribution in [0.1, 0.15) is 261 Å². The summed E-state index contributed by atoms with van der Waals surface area (Å²) in [6.45, 7) is 58.6. The summed E-state index contributed by atoms with van der Waals surface area (Å²) in [6, 6.07) is 64.4. The molecule has 9 aromatic rings. The normalized spacial score (nSPS) is 19.4. The average molecular weight is 1250 g/mol. The van der Waals surface area contributed by atoms with E-state index in [2.05, 4.69) is 339 Å². The van der Waals surface area contributed by atoms with E-state index in [-0.39, 0.29) is 60.9 Å². The van der Waals surface area contributed by atoms with E-state index in [1.807, 2.05) is 0 Å². The summed E-state index contributed by atoms with van der Waals surface area (Å²) in [7, 11) is 0. The summed E-state index contributed by atoms with van der Waals surface area (Å²) in [5, 5.41) is 0. The Morgan fingerprint density at radius 3 is 1.02 bits per heavy atom. The van der Waals surface area contributed by atoms with E-state index in [9.17, 15) is 0 Å². The van der Waals surface area contributed by atoms with Crippen LogP contribution in [0.4, 0.5) is 51.2 Å². The van der Waals surface area contributed by atoms with Crippen LogP contribution < -0.4 is 31.1 Å². The summed E-state index contributed by atoms with van der Waals surface area (Å²) < 4.78 is 0. The zero-order chi connectivity index (χ0) is 68.0. The minimum atomic E-state index is -0.285. The molecule has 4 aliphatic carbocycles. The van der Waals surface area contributed by atoms with Crippen LogP contribution in [0.5, 0.6) is 0 Å². The van der Waals surface area contributed by atoms with Crippen molar-refractivity contribution in [3.63, 3.8) is 0 Å². The van der Waals surface area contributed by atoms with Gasteiger partial charge in [0.1, 0.15) is 0 Å². The monoisotopic (exact) mass is 1250 g/mol. The van der Waals surface area contributed by atoms with E-state index in [0.717, 1.165) is 36.3 Å². The number of hydrogen-bond acceptors (Lipinski definition) is 3. The Labute approximate surface area is 571 Å². The first-order valence-corrected chi connectivity index (χ1v) is 35.9. The molecule has 0 spiro atoms. The van der Waals surface area contributed by atoms with Crippen molar-refractivity contribution < 1.29 is 0 Å². The number of anilines is 9. The molecule has 0 aromatic heterocycles. The molecule has 0 radical (unpaired) electrons. The quantitative estimate of drug-likeness (QED) is 0.159. The first kappa shape index (κ1) is 63.5. The van der Waals surface area contributed by atoms with Crippen LogP contribution in [0.15, 0.2) is 158 Å². The van der Waals surface area contributed by atoms with Gasteiger partial charge in [0.05, 0.1) is 5.69 Å². The molecule has 486 valence electrons. The maximum absolute atomic E-state index is 2.81. The third kappa shape index (κ3) is 9.16. The molecule has 0 saturated heterocycles. The highest BCUT2D eigenvalue weighted by Crippen LogP contribution is 2.59. The number of fused-ring (bicyclic) bond motifs is 10. The van der Waals surface area contributed by atoms with Crippen LogP contribution in [0, 0.1) is 13.8 Å². The largest absolute Gasteiger partial charge is 0.311 e. The van der Waals surface area contributed by atoms with Gasteiger partial charge < -0.3 is 14.7 Å². The number of rotatable bonds is 5. The van der Waals surface area contributed by atoms with Gasteiger partial charge in [-0.2, -0.15) is 0 Å². The Morgan fingerprint density at radius 2 is 0.621 bits per heavy atom. The van der Waals surface area contributed by atoms with Gasteiger partial charge in [-0.25, -0.2) is 0 Å². The predicted octanol–water partition coefficient (Wildman–Crippen LogP) is 22.7. The van der Waals surface area contributed by atoms with Crippen molar-refractivity contribution in [2.45, 2.75) is 240 Å². The van der Waals surface area contributed by atoms with Crippen molar-refractivity contribution in [2.75, 3.05) is 14.7 Å². The summed E-state index contributed by atoms with van der Waals surface area (Å²) in [4.78, 5) is 8.19. The Balaban J connectivity index is 1.13. The zero-order valence-electron chi connectivity index (χ0n) is 62.1. The van der Waals surface area contributed by atoms with Gasteiger partial charge in [0.15, 0.2) is 0 Å². The lowest BCUT2D eigenvalue weighted by atomic mass is 9.32. The van der Waals surface area contributed by atoms with Gasteiger partial charge in [0.25, 0.3) is 6.71 Å². The molecule has 2 aliphatic heterocycles. The molecule has 15 rings (SSSR count). The van der Waals surface area contributed by atoms with Crippen molar-refractivity contribution in [3.8, 4) is 0 Å². The smallest absolute Gasteiger partial charge is 0.252 e. The summed E-state index contributed by atoms with van der Waals surface area (Å²) in [5.41, 5.74) is 36.4. The molecule has 0 fully saturated rings. The maximum atomic E-state index is 2.81. The topological polar surface area (TPSA) is 9.72 Å². The van der Waals surface area contributed by atoms with Crippen molar-refractivity contribution in [1.82, 2.24) is 0 Å². The molecular weight excluding hydrogens is 1150 g/mol. The standard InChI is InChI=1S/C91H104BN3/c1-54-43-65-68(87(15,16)53-86(65,13)14)49-75(54)94-78-52-72-70(89(19,20)62-30-26-28-32-64(62)91(72,23)24)48-74(78)92-73-47-66-67(85(11,12)42-41-84(66,9)10)50-77(73)95(76-51-71-69(44-55(76)2)88(17,18)61-29-25-27-31-63(61)90(71,21)22)80-46-60(45-79(94)81(80)92)93(58-37-33-56(34-38-58)82(3,4)5)59-39-35-57(36-40-59)83(6,7)8/h25-40,43-52H,41-42,53H2,1-24H3. The number of benzene rings is 9. The fourth-order valence-corrected chi connectivity index (χ4v) is 19.5. The van der Waals surface area contributed by atoms with Crippen LogP contribution >= 0.6 is 0 Å². The molecule has 0 amide bonds. The molecule has 4 heteroatoms. The number of aryl methyl sites for hydroxylation is 2. The molecule has 9 aromatic carbocycles. The van der Waals surface area contributed by atoms with E-state index in [0.29, 0.717) is 0 Å². The average Bonchev–Trinajstić information content (AvgIpc) is 0.941. The molecule has 0 saturated carbocycles. The molecular formula is C91H104BN3. The SMILES string of the molecule is Cc1cc2c(cc1N1c3cc4c(cc3B3c5cc6c(cc5N(c5cc7c(cc5C)C(C)(C)c5ccccc5C7(C)C)c5cc(N(c7ccc(C(C)(C)C)cc7)c7ccc(C(C)(C)C)cc7)cc1c53)C(C)(C)CCC6(C)C)C(C)(C)c1ccccc1C4(C)C)C(C)(C)CC2(C)C. The van der Waals surface area contributed by atoms with Crippen molar-refractivity contribution in [1.29, 1.82) is 0 Å². The highest BCUT2D eigenvalue weighted by atomic mass is 15.2. The van der Waals surface area contributed by atoms with Crippen LogP contribution in [-0.2, 0) is 54.1 Å². The summed E-state index contributed by atoms with van der Waals surface area (Å²) in [5.74, 6) is 0. The Hall–Kier alpha value is -7.56. The molecule has 0 N–H and O–H groups in total. The number of nitrogens with zero attached hydrogens (tertiary/aromatic N) is 3. The van der Waals surface area contributed by atoms with E-state index in [1.165, 1.54) is 140 Å². The van der Waals surface area contributed by atoms with Gasteiger partial charge in [0, 0.05) is 67.2 Å². The molecule has 2 heterocycles. The molecule has 0 bridgehead atoms. The molecule has 0 unspecified atom stereocenters. The second kappa shape index (κ2) is 20.0. The van der Waals surface area contributed by atoms with Crippen molar-refractivity contribution in [3.05, 3.63) is 247 Å². The molecule has 6 aliphatic rings. The summed E-state index contributed by atoms with van der Waals surface area (Å²) >= 11 is 0. The lowest BCUT2D eigenvalue weighted by molar-refractivity contribution is 0.332. The van der Waals surface area contributed by atoms with E-state index in [1.54, 1.807) is 0 Å². The molecule has 95 heavy (non-hydrogen) atoms. The van der Waals surface area contributed by atoms with E-state index >= 15 is 0 Å². The van der Waals surface area contributed by atoms with E-state index in [4.69, 9.17) is 0 Å². The Bertz CT molecular complexity index is 4670. The minimum absolute atomic E-state index is 0.0192. The predicted molar refractivity (Wildman–Crippen MR) is 409 cm³/mol. The lowest BCUT2D eigenvalue weighted by Gasteiger charge is -2.50. The van der Waals surface area contributed by atoms with Crippen molar-refractivity contribution >= 4 is 74.3 Å². The van der Waals surface area contributed by atoms with Gasteiger partial charge in [-0.3, -0.25) is 0 Å². The van der Waals surface area contributed by atoms with Crippen LogP contribution in [0.25, 0.3) is 0 Å². The van der Waals surface area contributed by atoms with Gasteiger partial charge in [-0.15, -0.1) is 0 Å². The van der Waals surface area contributed by atoms with Gasteiger partial charge in [-0.1, -0.05) is 249 Å². The second-order valence-corrected chi connectivity index (χ2v) is 37.0. The van der Waals surface area contributed by atoms with Crippen LogP contribution in [0.2, 0.25) is 0 Å². The summed E-state index contributed by atoms with van der Waals surface area (Å²) in [6.07, 6.45) is 3.36. The lowest BCUT2D eigenvalue weighted by Crippen LogP contribution is -2.62. The minimum Gasteiger partial charge on any atom is -0.311 e. The van der Waals surface area contributed by atoms with Gasteiger partial charge in [0.2, 0.25) is 0 Å². The molecule has 0 atom stereocenters. The third-order valence-corrected chi connectivity index (χ3v) is 25.1. The maximum Gasteiger partial charge on any atom is 0.252 e. The third-order valence-electron chi connectivity index (χ3n) is 25.1. The van der Waals surface area contributed by atoms with Gasteiger partial charge in [-0.05, 0) is 232 Å². The van der Waals surface area contributed by atoms with Gasteiger partial charge >= 0.3 is 0 Å². The highest BCUT2D eigenvalue weighted by Gasteiger charge is 2.52. The second-order valence-electron chi connectivity index (χ2n) is 37.0. The fraction of sp³-hybridized carbons (Fsp3) is 0.407. The van der Waals surface area contributed by atoms with E-state index < -0.39 is 0 Å². The van der Waals surface area contributed by atoms with Crippen LogP contribution in [0.3, 0.4) is 0 Å². The highest BCUT2D eigenvalue weighted by molar-refractivity contribution is 7.00. The zero-order valence-corrected chi connectivity index (χ0v) is 62.1. The molecule has 3 nitrogen and oxygen atoms in total. The first-order chi connectivity index (χ1) is 44.2. The fourth-order valence-electron chi connectivity index (χ4n) is 19.5. The van der Waals surface area contributed by atoms with Crippen molar-refractivity contribution in [2.24, 2.45) is 0 Å². The Kier molecular flexibility index (Phi) is 13.4. The number of hydrogen-bond donors (Lipinski definition) is 0. The first-order valence-electron chi connectivity index (χ1n) is 35.9. The Morgan fingerprint density at radius 1 is 0.316 bits per heavy atom. The van der Waals surface area contributed by atoms with Crippen LogP contribution in [-0.4, -0.2) is 6.71 Å².